The lowest BCUT2D eigenvalue weighted by Crippen LogP contribution is -2.38. The van der Waals surface area contributed by atoms with Crippen LogP contribution in [0.3, 0.4) is 0 Å². The summed E-state index contributed by atoms with van der Waals surface area (Å²) in [5, 5.41) is 4.54. The Kier molecular flexibility index (Phi) is 5.03. The number of aromatic nitrogens is 5. The molecule has 4 aromatic rings. The third kappa shape index (κ3) is 3.47. The Balaban J connectivity index is 1.86. The molecule has 0 aliphatic rings. The van der Waals surface area contributed by atoms with Crippen molar-refractivity contribution in [2.75, 3.05) is 6.61 Å². The van der Waals surface area contributed by atoms with Crippen molar-refractivity contribution in [3.8, 4) is 11.1 Å². The van der Waals surface area contributed by atoms with E-state index in [1.807, 2.05) is 50.2 Å². The van der Waals surface area contributed by atoms with Crippen molar-refractivity contribution >= 4 is 11.6 Å². The van der Waals surface area contributed by atoms with Crippen molar-refractivity contribution in [2.45, 2.75) is 25.7 Å². The topological polar surface area (TPSA) is 82.3 Å². The first kappa shape index (κ1) is 18.7. The van der Waals surface area contributed by atoms with Gasteiger partial charge in [-0.2, -0.15) is 5.10 Å². The van der Waals surface area contributed by atoms with Gasteiger partial charge in [0.15, 0.2) is 5.65 Å². The molecule has 1 atom stereocenters. The van der Waals surface area contributed by atoms with E-state index in [1.54, 1.807) is 29.3 Å². The quantitative estimate of drug-likeness (QED) is 0.472. The summed E-state index contributed by atoms with van der Waals surface area (Å²) in [7, 11) is 0. The molecular weight excluding hydrogens is 366 g/mol. The standard InChI is InChI=1S/C22H21N5O2/c1-3-29-21(28)22(2,11-16-7-5-4-6-8-16)19-9-10-25-20-18(14-26-27(19)20)17-12-23-15-24-13-17/h4-10,12-15H,3,11H2,1-2H3. The summed E-state index contributed by atoms with van der Waals surface area (Å²) in [5.74, 6) is -0.295. The summed E-state index contributed by atoms with van der Waals surface area (Å²) < 4.78 is 7.16. The minimum atomic E-state index is -0.935. The molecule has 146 valence electrons. The predicted molar refractivity (Wildman–Crippen MR) is 108 cm³/mol. The lowest BCUT2D eigenvalue weighted by molar-refractivity contribution is -0.149. The summed E-state index contributed by atoms with van der Waals surface area (Å²) >= 11 is 0. The van der Waals surface area contributed by atoms with Crippen LogP contribution in [0.4, 0.5) is 0 Å². The van der Waals surface area contributed by atoms with Crippen molar-refractivity contribution in [2.24, 2.45) is 0 Å². The van der Waals surface area contributed by atoms with Crippen LogP contribution in [0.5, 0.6) is 0 Å². The molecule has 0 radical (unpaired) electrons. The average Bonchev–Trinajstić information content (AvgIpc) is 3.19. The van der Waals surface area contributed by atoms with Crippen molar-refractivity contribution in [1.29, 1.82) is 0 Å². The third-order valence-corrected chi connectivity index (χ3v) is 4.96. The van der Waals surface area contributed by atoms with E-state index in [4.69, 9.17) is 4.74 Å². The van der Waals surface area contributed by atoms with Gasteiger partial charge in [-0.1, -0.05) is 30.3 Å². The van der Waals surface area contributed by atoms with E-state index < -0.39 is 5.41 Å². The number of benzene rings is 1. The molecule has 1 aromatic carbocycles. The van der Waals surface area contributed by atoms with Gasteiger partial charge < -0.3 is 4.74 Å². The SMILES string of the molecule is CCOC(=O)C(C)(Cc1ccccc1)c1ccnc2c(-c3cncnc3)cnn12. The smallest absolute Gasteiger partial charge is 0.318 e. The highest BCUT2D eigenvalue weighted by atomic mass is 16.5. The molecular formula is C22H21N5O2. The Labute approximate surface area is 168 Å². The molecule has 0 saturated heterocycles. The van der Waals surface area contributed by atoms with Gasteiger partial charge in [0.2, 0.25) is 0 Å². The fourth-order valence-corrected chi connectivity index (χ4v) is 3.51. The molecule has 0 N–H and O–H groups in total. The summed E-state index contributed by atoms with van der Waals surface area (Å²) in [6, 6.07) is 11.7. The second kappa shape index (κ2) is 7.79. The van der Waals surface area contributed by atoms with Crippen LogP contribution in [0.1, 0.15) is 25.1 Å². The summed E-state index contributed by atoms with van der Waals surface area (Å²) in [5.41, 5.74) is 3.08. The number of rotatable bonds is 6. The van der Waals surface area contributed by atoms with Crippen molar-refractivity contribution in [3.63, 3.8) is 0 Å². The Hall–Kier alpha value is -3.61. The van der Waals surface area contributed by atoms with Gasteiger partial charge in [-0.15, -0.1) is 0 Å². The molecule has 7 heteroatoms. The molecule has 3 heterocycles. The van der Waals surface area contributed by atoms with Crippen molar-refractivity contribution in [3.05, 3.63) is 78.8 Å². The largest absolute Gasteiger partial charge is 0.465 e. The summed E-state index contributed by atoms with van der Waals surface area (Å²) in [4.78, 5) is 25.7. The van der Waals surface area contributed by atoms with Crippen LogP contribution >= 0.6 is 0 Å². The fraction of sp³-hybridized carbons (Fsp3) is 0.227. The maximum Gasteiger partial charge on any atom is 0.318 e. The zero-order chi connectivity index (χ0) is 20.3. The minimum Gasteiger partial charge on any atom is -0.465 e. The third-order valence-electron chi connectivity index (χ3n) is 4.96. The number of ether oxygens (including phenoxy) is 1. The Bertz CT molecular complexity index is 1130. The Morgan fingerprint density at radius 3 is 2.59 bits per heavy atom. The molecule has 0 fully saturated rings. The molecule has 4 rings (SSSR count). The van der Waals surface area contributed by atoms with Gasteiger partial charge in [0.1, 0.15) is 11.7 Å². The van der Waals surface area contributed by atoms with E-state index in [1.165, 1.54) is 6.33 Å². The second-order valence-corrected chi connectivity index (χ2v) is 6.97. The van der Waals surface area contributed by atoms with E-state index in [0.29, 0.717) is 24.4 Å². The van der Waals surface area contributed by atoms with E-state index in [2.05, 4.69) is 20.1 Å². The van der Waals surface area contributed by atoms with Crippen LogP contribution in [0.25, 0.3) is 16.8 Å². The number of nitrogens with zero attached hydrogens (tertiary/aromatic N) is 5. The molecule has 1 unspecified atom stereocenters. The highest BCUT2D eigenvalue weighted by Crippen LogP contribution is 2.32. The van der Waals surface area contributed by atoms with Gasteiger partial charge in [-0.3, -0.25) is 4.79 Å². The number of carbonyl (C=O) groups is 1. The van der Waals surface area contributed by atoms with Crippen LogP contribution in [-0.4, -0.2) is 37.1 Å². The van der Waals surface area contributed by atoms with Crippen LogP contribution in [0.15, 0.2) is 67.5 Å². The number of carbonyl (C=O) groups excluding carboxylic acids is 1. The first-order valence-electron chi connectivity index (χ1n) is 9.43. The molecule has 0 aliphatic heterocycles. The van der Waals surface area contributed by atoms with Gasteiger partial charge in [-0.05, 0) is 31.9 Å². The molecule has 0 bridgehead atoms. The van der Waals surface area contributed by atoms with E-state index in [9.17, 15) is 4.79 Å². The number of esters is 1. The van der Waals surface area contributed by atoms with Gasteiger partial charge in [0, 0.05) is 29.7 Å². The zero-order valence-electron chi connectivity index (χ0n) is 16.3. The molecule has 29 heavy (non-hydrogen) atoms. The van der Waals surface area contributed by atoms with E-state index in [0.717, 1.165) is 16.7 Å². The lowest BCUT2D eigenvalue weighted by Gasteiger charge is -2.28. The fourth-order valence-electron chi connectivity index (χ4n) is 3.51. The van der Waals surface area contributed by atoms with Gasteiger partial charge in [-0.25, -0.2) is 19.5 Å². The normalized spacial score (nSPS) is 13.2. The first-order chi connectivity index (χ1) is 14.1. The minimum absolute atomic E-state index is 0.295. The van der Waals surface area contributed by atoms with Crippen LogP contribution in [-0.2, 0) is 21.4 Å². The van der Waals surface area contributed by atoms with Crippen LogP contribution in [0, 0.1) is 0 Å². The molecule has 0 aliphatic carbocycles. The summed E-state index contributed by atoms with van der Waals surface area (Å²) in [6.45, 7) is 4.01. The predicted octanol–water partition coefficient (Wildman–Crippen LogP) is 3.25. The number of hydrogen-bond acceptors (Lipinski definition) is 6. The maximum atomic E-state index is 13.1. The van der Waals surface area contributed by atoms with E-state index >= 15 is 0 Å². The zero-order valence-corrected chi connectivity index (χ0v) is 16.3. The highest BCUT2D eigenvalue weighted by molar-refractivity contribution is 5.84. The van der Waals surface area contributed by atoms with Crippen LogP contribution in [0.2, 0.25) is 0 Å². The molecule has 7 nitrogen and oxygen atoms in total. The Morgan fingerprint density at radius 2 is 1.86 bits per heavy atom. The van der Waals surface area contributed by atoms with Gasteiger partial charge >= 0.3 is 5.97 Å². The molecule has 0 spiro atoms. The van der Waals surface area contributed by atoms with Gasteiger partial charge in [0.05, 0.1) is 18.5 Å². The Morgan fingerprint density at radius 1 is 1.10 bits per heavy atom. The number of fused-ring (bicyclic) bond motifs is 1. The number of hydrogen-bond donors (Lipinski definition) is 0. The van der Waals surface area contributed by atoms with Crippen LogP contribution < -0.4 is 0 Å². The van der Waals surface area contributed by atoms with Gasteiger partial charge in [0.25, 0.3) is 0 Å². The van der Waals surface area contributed by atoms with Crippen molar-refractivity contribution in [1.82, 2.24) is 24.6 Å². The van der Waals surface area contributed by atoms with E-state index in [-0.39, 0.29) is 5.97 Å². The second-order valence-electron chi connectivity index (χ2n) is 6.97. The highest BCUT2D eigenvalue weighted by Gasteiger charge is 2.39. The molecule has 3 aromatic heterocycles. The monoisotopic (exact) mass is 387 g/mol. The first-order valence-corrected chi connectivity index (χ1v) is 9.43. The average molecular weight is 387 g/mol. The molecule has 0 amide bonds. The molecule has 0 saturated carbocycles. The maximum absolute atomic E-state index is 13.1. The van der Waals surface area contributed by atoms with Crippen molar-refractivity contribution < 1.29 is 9.53 Å². The lowest BCUT2D eigenvalue weighted by atomic mass is 9.80. The summed E-state index contributed by atoms with van der Waals surface area (Å²) in [6.07, 6.45) is 8.81.